The zero-order valence-corrected chi connectivity index (χ0v) is 33.9. The molecule has 0 aromatic rings. The van der Waals surface area contributed by atoms with Crippen LogP contribution < -0.4 is 5.32 Å². The molecule has 0 aromatic carbocycles. The van der Waals surface area contributed by atoms with Gasteiger partial charge in [0.15, 0.2) is 6.29 Å². The average molecular weight is 756 g/mol. The molecule has 1 amide bonds. The third-order valence-corrected chi connectivity index (χ3v) is 10.5. The largest absolute Gasteiger partial charge is 0.394 e. The minimum Gasteiger partial charge on any atom is -0.394 e. The summed E-state index contributed by atoms with van der Waals surface area (Å²) in [5, 5.41) is 64.6. The third kappa shape index (κ3) is 24.0. The second-order valence-corrected chi connectivity index (χ2v) is 15.5. The molecule has 8 atom stereocenters. The number of amides is 1. The normalized spacial score (nSPS) is 22.7. The topological polar surface area (TPSA) is 169 Å². The SMILES string of the molecule is CCCCCCCCCCCCCCCC[C@H](O)C(=O)N[C@@H](CO[C@@H]1O[C@H](CO)[C@@H](O)C(O)C1O)[C@H](O)/C=C/CC/C=C(\C)CCCCCCCCC. The van der Waals surface area contributed by atoms with Crippen LogP contribution >= 0.6 is 0 Å². The molecule has 312 valence electrons. The van der Waals surface area contributed by atoms with E-state index in [0.29, 0.717) is 19.3 Å². The van der Waals surface area contributed by atoms with Gasteiger partial charge in [-0.05, 0) is 39.0 Å². The van der Waals surface area contributed by atoms with Crippen molar-refractivity contribution in [2.24, 2.45) is 0 Å². The number of carbonyl (C=O) groups excluding carboxylic acids is 1. The number of hydrogen-bond donors (Lipinski definition) is 7. The zero-order valence-electron chi connectivity index (χ0n) is 33.9. The Morgan fingerprint density at radius 1 is 0.717 bits per heavy atom. The van der Waals surface area contributed by atoms with E-state index in [1.54, 1.807) is 6.08 Å². The lowest BCUT2D eigenvalue weighted by molar-refractivity contribution is -0.302. The smallest absolute Gasteiger partial charge is 0.249 e. The Kier molecular flexibility index (Phi) is 30.8. The molecule has 1 aliphatic rings. The lowest BCUT2D eigenvalue weighted by Gasteiger charge is -2.40. The molecular formula is C43H81NO9. The predicted octanol–water partition coefficient (Wildman–Crippen LogP) is 7.30. The van der Waals surface area contributed by atoms with E-state index in [2.05, 4.69) is 32.2 Å². The van der Waals surface area contributed by atoms with Gasteiger partial charge in [0.1, 0.15) is 30.5 Å². The van der Waals surface area contributed by atoms with Crippen molar-refractivity contribution in [3.63, 3.8) is 0 Å². The molecule has 0 aliphatic carbocycles. The number of rotatable bonds is 34. The van der Waals surface area contributed by atoms with Crippen LogP contribution in [0.1, 0.15) is 181 Å². The highest BCUT2D eigenvalue weighted by Crippen LogP contribution is 2.23. The monoisotopic (exact) mass is 756 g/mol. The van der Waals surface area contributed by atoms with E-state index in [1.165, 1.54) is 115 Å². The lowest BCUT2D eigenvalue weighted by atomic mass is 9.99. The van der Waals surface area contributed by atoms with Crippen LogP contribution in [-0.2, 0) is 14.3 Å². The number of hydrogen-bond acceptors (Lipinski definition) is 9. The number of ether oxygens (including phenoxy) is 2. The molecule has 0 bridgehead atoms. The molecule has 1 fully saturated rings. The van der Waals surface area contributed by atoms with Gasteiger partial charge < -0.3 is 45.4 Å². The first kappa shape index (κ1) is 49.6. The quantitative estimate of drug-likeness (QED) is 0.0263. The Bertz CT molecular complexity index is 929. The molecule has 0 saturated carbocycles. The van der Waals surface area contributed by atoms with Crippen LogP contribution in [-0.4, -0.2) is 98.7 Å². The van der Waals surface area contributed by atoms with Gasteiger partial charge in [0.2, 0.25) is 5.91 Å². The first-order valence-corrected chi connectivity index (χ1v) is 21.6. The summed E-state index contributed by atoms with van der Waals surface area (Å²) in [4.78, 5) is 13.0. The van der Waals surface area contributed by atoms with Gasteiger partial charge in [0.05, 0.1) is 25.4 Å². The van der Waals surface area contributed by atoms with E-state index < -0.39 is 61.5 Å². The summed E-state index contributed by atoms with van der Waals surface area (Å²) in [5.74, 6) is -0.626. The number of unbranched alkanes of at least 4 members (excludes halogenated alkanes) is 20. The van der Waals surface area contributed by atoms with Gasteiger partial charge in [-0.3, -0.25) is 4.79 Å². The summed E-state index contributed by atoms with van der Waals surface area (Å²) < 4.78 is 11.1. The second-order valence-electron chi connectivity index (χ2n) is 15.5. The van der Waals surface area contributed by atoms with E-state index >= 15 is 0 Å². The minimum atomic E-state index is -1.61. The molecule has 0 spiro atoms. The fourth-order valence-electron chi connectivity index (χ4n) is 6.83. The predicted molar refractivity (Wildman–Crippen MR) is 213 cm³/mol. The molecule has 1 aliphatic heterocycles. The molecular weight excluding hydrogens is 674 g/mol. The summed E-state index contributed by atoms with van der Waals surface area (Å²) in [5.41, 5.74) is 1.36. The fraction of sp³-hybridized carbons (Fsp3) is 0.884. The van der Waals surface area contributed by atoms with Crippen LogP contribution in [0.15, 0.2) is 23.8 Å². The van der Waals surface area contributed by atoms with Gasteiger partial charge in [-0.15, -0.1) is 0 Å². The highest BCUT2D eigenvalue weighted by molar-refractivity contribution is 5.80. The maximum absolute atomic E-state index is 13.0. The van der Waals surface area contributed by atoms with E-state index in [4.69, 9.17) is 9.47 Å². The van der Waals surface area contributed by atoms with Crippen LogP contribution in [0, 0.1) is 0 Å². The van der Waals surface area contributed by atoms with Gasteiger partial charge in [0, 0.05) is 0 Å². The van der Waals surface area contributed by atoms with Crippen molar-refractivity contribution in [2.45, 2.75) is 230 Å². The van der Waals surface area contributed by atoms with Crippen molar-refractivity contribution in [2.75, 3.05) is 13.2 Å². The summed E-state index contributed by atoms with van der Waals surface area (Å²) >= 11 is 0. The molecule has 1 saturated heterocycles. The van der Waals surface area contributed by atoms with Crippen LogP contribution in [0.3, 0.4) is 0 Å². The van der Waals surface area contributed by atoms with E-state index in [1.807, 2.05) is 6.08 Å². The van der Waals surface area contributed by atoms with Crippen molar-refractivity contribution in [3.8, 4) is 0 Å². The van der Waals surface area contributed by atoms with Crippen molar-refractivity contribution in [1.29, 1.82) is 0 Å². The first-order valence-electron chi connectivity index (χ1n) is 21.6. The molecule has 0 aromatic heterocycles. The molecule has 10 heteroatoms. The van der Waals surface area contributed by atoms with Crippen LogP contribution in [0.5, 0.6) is 0 Å². The zero-order chi connectivity index (χ0) is 39.1. The van der Waals surface area contributed by atoms with Gasteiger partial charge >= 0.3 is 0 Å². The minimum absolute atomic E-state index is 0.306. The summed E-state index contributed by atoms with van der Waals surface area (Å²) in [7, 11) is 0. The van der Waals surface area contributed by atoms with Gasteiger partial charge in [-0.2, -0.15) is 0 Å². The van der Waals surface area contributed by atoms with Crippen molar-refractivity contribution in [3.05, 3.63) is 23.8 Å². The van der Waals surface area contributed by atoms with Crippen LogP contribution in [0.2, 0.25) is 0 Å². The van der Waals surface area contributed by atoms with E-state index in [9.17, 15) is 35.4 Å². The Balaban J connectivity index is 2.54. The number of nitrogens with one attached hydrogen (secondary N) is 1. The molecule has 1 heterocycles. The van der Waals surface area contributed by atoms with Gasteiger partial charge in [0.25, 0.3) is 0 Å². The number of carbonyl (C=O) groups is 1. The molecule has 10 nitrogen and oxygen atoms in total. The number of aliphatic hydroxyl groups is 6. The maximum atomic E-state index is 13.0. The van der Waals surface area contributed by atoms with Crippen molar-refractivity contribution < 1.29 is 44.9 Å². The maximum Gasteiger partial charge on any atom is 0.249 e. The average Bonchev–Trinajstić information content (AvgIpc) is 3.15. The fourth-order valence-corrected chi connectivity index (χ4v) is 6.83. The van der Waals surface area contributed by atoms with Crippen LogP contribution in [0.25, 0.3) is 0 Å². The van der Waals surface area contributed by atoms with Crippen molar-refractivity contribution in [1.82, 2.24) is 5.32 Å². The Morgan fingerprint density at radius 2 is 1.23 bits per heavy atom. The summed E-state index contributed by atoms with van der Waals surface area (Å²) in [6, 6.07) is -0.994. The van der Waals surface area contributed by atoms with Gasteiger partial charge in [-0.25, -0.2) is 0 Å². The molecule has 7 N–H and O–H groups in total. The van der Waals surface area contributed by atoms with Crippen molar-refractivity contribution >= 4 is 5.91 Å². The summed E-state index contributed by atoms with van der Waals surface area (Å²) in [6.07, 6.45) is 24.9. The van der Waals surface area contributed by atoms with Gasteiger partial charge in [-0.1, -0.05) is 166 Å². The lowest BCUT2D eigenvalue weighted by Crippen LogP contribution is -2.60. The third-order valence-electron chi connectivity index (χ3n) is 10.5. The highest BCUT2D eigenvalue weighted by Gasteiger charge is 2.44. The molecule has 1 rings (SSSR count). The summed E-state index contributed by atoms with van der Waals surface area (Å²) in [6.45, 7) is 5.72. The number of aliphatic hydroxyl groups excluding tert-OH is 6. The van der Waals surface area contributed by atoms with Crippen LogP contribution in [0.4, 0.5) is 0 Å². The molecule has 0 radical (unpaired) electrons. The first-order chi connectivity index (χ1) is 25.7. The number of allylic oxidation sites excluding steroid dienone is 3. The second kappa shape index (κ2) is 32.8. The molecule has 53 heavy (non-hydrogen) atoms. The Labute approximate surface area is 322 Å². The van der Waals surface area contributed by atoms with E-state index in [-0.39, 0.29) is 6.61 Å². The Hall–Kier alpha value is -1.37. The highest BCUT2D eigenvalue weighted by atomic mass is 16.7. The molecule has 2 unspecified atom stereocenters. The van der Waals surface area contributed by atoms with E-state index in [0.717, 1.165) is 32.1 Å². The Morgan fingerprint density at radius 3 is 1.75 bits per heavy atom. The standard InChI is InChI=1S/C43H81NO9/c1-4-6-8-10-12-13-14-15-16-17-18-20-22-26-31-37(47)42(51)44-35(33-52-43-41(50)40(49)39(48)38(32-45)53-43)36(46)30-27-23-25-29-34(3)28-24-21-19-11-9-7-5-2/h27,29-30,35-41,43,45-50H,4-26,28,31-33H2,1-3H3,(H,44,51)/b30-27+,34-29+/t35-,36+,37-,38+,39+,40?,41?,43+/m0/s1.